The van der Waals surface area contributed by atoms with E-state index in [1.165, 1.54) is 31.4 Å². The Balaban J connectivity index is 2.31. The Morgan fingerprint density at radius 1 is 1.14 bits per heavy atom. The van der Waals surface area contributed by atoms with E-state index in [0.29, 0.717) is 0 Å². The van der Waals surface area contributed by atoms with Gasteiger partial charge in [-0.2, -0.15) is 0 Å². The van der Waals surface area contributed by atoms with Crippen molar-refractivity contribution < 1.29 is 21.9 Å². The van der Waals surface area contributed by atoms with E-state index in [4.69, 9.17) is 16.3 Å². The summed E-state index contributed by atoms with van der Waals surface area (Å²) >= 11 is 5.83. The number of hydrogen-bond acceptors (Lipinski definition) is 3. The number of benzene rings is 2. The molecule has 0 aromatic heterocycles. The van der Waals surface area contributed by atoms with E-state index in [1.54, 1.807) is 0 Å². The van der Waals surface area contributed by atoms with Crippen molar-refractivity contribution >= 4 is 21.4 Å². The first-order chi connectivity index (χ1) is 10.3. The summed E-state index contributed by atoms with van der Waals surface area (Å²) in [7, 11) is -2.39. The van der Waals surface area contributed by atoms with Crippen LogP contribution in [0.2, 0.25) is 5.02 Å². The van der Waals surface area contributed by atoms with Gasteiger partial charge in [-0.05, 0) is 30.3 Å². The van der Waals surface area contributed by atoms with Crippen molar-refractivity contribution in [2.75, 3.05) is 7.11 Å². The number of rotatable bonds is 5. The lowest BCUT2D eigenvalue weighted by atomic mass is 10.2. The fourth-order valence-electron chi connectivity index (χ4n) is 2.04. The predicted octanol–water partition coefficient (Wildman–Crippen LogP) is 3.74. The smallest absolute Gasteiger partial charge is 0.158 e. The van der Waals surface area contributed by atoms with Gasteiger partial charge in [0.1, 0.15) is 17.4 Å². The number of methoxy groups -OCH3 is 1. The lowest BCUT2D eigenvalue weighted by Crippen LogP contribution is -2.10. The Morgan fingerprint density at radius 2 is 1.86 bits per heavy atom. The molecule has 0 unspecified atom stereocenters. The fraction of sp³-hybridized carbons (Fsp3) is 0.200. The van der Waals surface area contributed by atoms with Crippen LogP contribution >= 0.6 is 11.6 Å². The van der Waals surface area contributed by atoms with Gasteiger partial charge in [0.2, 0.25) is 0 Å². The largest absolute Gasteiger partial charge is 0.496 e. The maximum absolute atomic E-state index is 13.7. The first-order valence-electron chi connectivity index (χ1n) is 6.28. The Kier molecular flexibility index (Phi) is 5.03. The van der Waals surface area contributed by atoms with Crippen LogP contribution < -0.4 is 4.74 Å². The standard InChI is InChI=1S/C15H13ClF2O3S/c1-21-15-6-5-11(17)7-10(15)8-22(19,20)9-12-13(16)3-2-4-14(12)18/h2-7H,8-9H2,1H3. The third-order valence-electron chi connectivity index (χ3n) is 3.04. The molecule has 0 aliphatic carbocycles. The summed E-state index contributed by atoms with van der Waals surface area (Å²) in [5.41, 5.74) is 0.0782. The zero-order valence-electron chi connectivity index (χ0n) is 11.6. The number of hydrogen-bond donors (Lipinski definition) is 0. The summed E-state index contributed by atoms with van der Waals surface area (Å²) in [6.45, 7) is 0. The number of sulfone groups is 1. The van der Waals surface area contributed by atoms with Crippen molar-refractivity contribution in [3.63, 3.8) is 0 Å². The Hall–Kier alpha value is -1.66. The fourth-order valence-corrected chi connectivity index (χ4v) is 3.88. The van der Waals surface area contributed by atoms with Gasteiger partial charge < -0.3 is 4.74 Å². The summed E-state index contributed by atoms with van der Waals surface area (Å²) in [5, 5.41) is 0.0368. The molecule has 0 radical (unpaired) electrons. The summed E-state index contributed by atoms with van der Waals surface area (Å²) in [6, 6.07) is 7.54. The molecule has 0 spiro atoms. The Bertz CT molecular complexity index is 771. The third kappa shape index (κ3) is 3.96. The van der Waals surface area contributed by atoms with Crippen LogP contribution in [-0.4, -0.2) is 15.5 Å². The quantitative estimate of drug-likeness (QED) is 0.828. The van der Waals surface area contributed by atoms with E-state index in [-0.39, 0.29) is 21.9 Å². The van der Waals surface area contributed by atoms with Gasteiger partial charge in [-0.1, -0.05) is 17.7 Å². The summed E-state index contributed by atoms with van der Waals surface area (Å²) in [4.78, 5) is 0. The van der Waals surface area contributed by atoms with Crippen LogP contribution in [0.3, 0.4) is 0 Å². The minimum Gasteiger partial charge on any atom is -0.496 e. The highest BCUT2D eigenvalue weighted by atomic mass is 35.5. The van der Waals surface area contributed by atoms with Crippen molar-refractivity contribution in [3.05, 3.63) is 64.2 Å². The van der Waals surface area contributed by atoms with E-state index in [0.717, 1.165) is 12.1 Å². The molecule has 0 saturated carbocycles. The molecule has 0 heterocycles. The van der Waals surface area contributed by atoms with E-state index >= 15 is 0 Å². The maximum atomic E-state index is 13.7. The average Bonchev–Trinajstić information content (AvgIpc) is 2.43. The first kappa shape index (κ1) is 16.7. The van der Waals surface area contributed by atoms with Crippen LogP contribution in [0.1, 0.15) is 11.1 Å². The highest BCUT2D eigenvalue weighted by Crippen LogP contribution is 2.26. The van der Waals surface area contributed by atoms with Crippen LogP contribution in [0.5, 0.6) is 5.75 Å². The molecular formula is C15H13ClF2O3S. The first-order valence-corrected chi connectivity index (χ1v) is 8.48. The molecule has 2 aromatic rings. The SMILES string of the molecule is COc1ccc(F)cc1CS(=O)(=O)Cc1c(F)cccc1Cl. The van der Waals surface area contributed by atoms with E-state index in [9.17, 15) is 17.2 Å². The summed E-state index contributed by atoms with van der Waals surface area (Å²) in [6.07, 6.45) is 0. The third-order valence-corrected chi connectivity index (χ3v) is 4.88. The highest BCUT2D eigenvalue weighted by molar-refractivity contribution is 7.89. The molecule has 2 aromatic carbocycles. The molecule has 0 aliphatic heterocycles. The Morgan fingerprint density at radius 3 is 2.50 bits per heavy atom. The molecule has 3 nitrogen and oxygen atoms in total. The molecule has 118 valence electrons. The van der Waals surface area contributed by atoms with Crippen molar-refractivity contribution in [2.24, 2.45) is 0 Å². The summed E-state index contributed by atoms with van der Waals surface area (Å²) < 4.78 is 56.5. The normalized spacial score (nSPS) is 11.5. The molecule has 2 rings (SSSR count). The predicted molar refractivity (Wildman–Crippen MR) is 80.7 cm³/mol. The van der Waals surface area contributed by atoms with Crippen LogP contribution in [-0.2, 0) is 21.3 Å². The lowest BCUT2D eigenvalue weighted by Gasteiger charge is -2.10. The molecule has 0 bridgehead atoms. The molecule has 0 amide bonds. The van der Waals surface area contributed by atoms with Gasteiger partial charge in [-0.3, -0.25) is 0 Å². The van der Waals surface area contributed by atoms with Gasteiger partial charge in [-0.25, -0.2) is 17.2 Å². The highest BCUT2D eigenvalue weighted by Gasteiger charge is 2.20. The van der Waals surface area contributed by atoms with Gasteiger partial charge in [0.25, 0.3) is 0 Å². The molecule has 0 atom stereocenters. The van der Waals surface area contributed by atoms with Gasteiger partial charge in [0.05, 0.1) is 18.6 Å². The zero-order valence-corrected chi connectivity index (χ0v) is 13.2. The topological polar surface area (TPSA) is 43.4 Å². The van der Waals surface area contributed by atoms with Crippen LogP contribution in [0, 0.1) is 11.6 Å². The van der Waals surface area contributed by atoms with E-state index in [2.05, 4.69) is 0 Å². The molecule has 7 heteroatoms. The molecule has 0 aliphatic rings. The number of ether oxygens (including phenoxy) is 1. The van der Waals surface area contributed by atoms with Crippen LogP contribution in [0.4, 0.5) is 8.78 Å². The van der Waals surface area contributed by atoms with Crippen molar-refractivity contribution in [3.8, 4) is 5.75 Å². The maximum Gasteiger partial charge on any atom is 0.158 e. The van der Waals surface area contributed by atoms with Crippen LogP contribution in [0.15, 0.2) is 36.4 Å². The average molecular weight is 347 g/mol. The zero-order chi connectivity index (χ0) is 16.3. The minimum absolute atomic E-state index is 0.0368. The second kappa shape index (κ2) is 6.62. The Labute approximate surface area is 132 Å². The van der Waals surface area contributed by atoms with Crippen molar-refractivity contribution in [2.45, 2.75) is 11.5 Å². The number of halogens is 3. The lowest BCUT2D eigenvalue weighted by molar-refractivity contribution is 0.409. The van der Waals surface area contributed by atoms with Gasteiger partial charge in [-0.15, -0.1) is 0 Å². The van der Waals surface area contributed by atoms with Gasteiger partial charge in [0.15, 0.2) is 9.84 Å². The summed E-state index contributed by atoms with van der Waals surface area (Å²) in [5.74, 6) is -2.06. The minimum atomic E-state index is -3.75. The molecule has 22 heavy (non-hydrogen) atoms. The second-order valence-electron chi connectivity index (χ2n) is 4.69. The monoisotopic (exact) mass is 346 g/mol. The molecular weight excluding hydrogens is 334 g/mol. The van der Waals surface area contributed by atoms with Gasteiger partial charge >= 0.3 is 0 Å². The second-order valence-corrected chi connectivity index (χ2v) is 7.16. The van der Waals surface area contributed by atoms with E-state index in [1.807, 2.05) is 0 Å². The van der Waals surface area contributed by atoms with E-state index < -0.39 is 33.0 Å². The molecule has 0 N–H and O–H groups in total. The van der Waals surface area contributed by atoms with Crippen LogP contribution in [0.25, 0.3) is 0 Å². The molecule has 0 saturated heterocycles. The van der Waals surface area contributed by atoms with Crippen molar-refractivity contribution in [1.82, 2.24) is 0 Å². The van der Waals surface area contributed by atoms with Gasteiger partial charge in [0, 0.05) is 16.1 Å². The molecule has 0 fully saturated rings. The van der Waals surface area contributed by atoms with Crippen molar-refractivity contribution in [1.29, 1.82) is 0 Å².